The number of thioether (sulfide) groups is 1. The van der Waals surface area contributed by atoms with Crippen LogP contribution in [-0.2, 0) is 14.4 Å². The molecule has 2 unspecified atom stereocenters. The van der Waals surface area contributed by atoms with Crippen LogP contribution in [-0.4, -0.2) is 41.7 Å². The Morgan fingerprint density at radius 2 is 1.59 bits per heavy atom. The molecule has 0 aromatic heterocycles. The monoisotopic (exact) mass is 330 g/mol. The molecule has 0 aliphatic carbocycles. The second-order valence-electron chi connectivity index (χ2n) is 6.28. The van der Waals surface area contributed by atoms with Gasteiger partial charge in [-0.25, -0.2) is 0 Å². The van der Waals surface area contributed by atoms with Crippen molar-refractivity contribution >= 4 is 29.4 Å². The van der Waals surface area contributed by atoms with Gasteiger partial charge in [0, 0.05) is 12.8 Å². The van der Waals surface area contributed by atoms with E-state index in [4.69, 9.17) is 0 Å². The zero-order valence-corrected chi connectivity index (χ0v) is 15.4. The number of carbonyl (C=O) groups is 3. The number of rotatable bonds is 10. The van der Waals surface area contributed by atoms with Gasteiger partial charge < -0.3 is 10.6 Å². The molecule has 22 heavy (non-hydrogen) atoms. The van der Waals surface area contributed by atoms with Gasteiger partial charge >= 0.3 is 0 Å². The molecule has 5 nitrogen and oxygen atoms in total. The van der Waals surface area contributed by atoms with Crippen molar-refractivity contribution in [2.24, 2.45) is 11.8 Å². The van der Waals surface area contributed by atoms with E-state index >= 15 is 0 Å². The number of Topliss-reactive ketones (excluding diaryl/α,β-unsaturated/α-hetero) is 1. The van der Waals surface area contributed by atoms with E-state index in [-0.39, 0.29) is 23.5 Å². The van der Waals surface area contributed by atoms with E-state index in [1.165, 1.54) is 6.92 Å². The van der Waals surface area contributed by atoms with E-state index in [0.717, 1.165) is 5.75 Å². The highest BCUT2D eigenvalue weighted by Crippen LogP contribution is 2.11. The van der Waals surface area contributed by atoms with Crippen molar-refractivity contribution in [3.63, 3.8) is 0 Å². The first-order valence-electron chi connectivity index (χ1n) is 7.79. The van der Waals surface area contributed by atoms with Gasteiger partial charge in [0.05, 0.1) is 6.04 Å². The highest BCUT2D eigenvalue weighted by molar-refractivity contribution is 7.98. The van der Waals surface area contributed by atoms with Gasteiger partial charge in [0.1, 0.15) is 6.04 Å². The number of hydrogen-bond acceptors (Lipinski definition) is 4. The van der Waals surface area contributed by atoms with Crippen molar-refractivity contribution in [3.05, 3.63) is 0 Å². The van der Waals surface area contributed by atoms with Crippen molar-refractivity contribution in [2.75, 3.05) is 12.0 Å². The topological polar surface area (TPSA) is 75.3 Å². The van der Waals surface area contributed by atoms with E-state index in [0.29, 0.717) is 18.8 Å². The Hall–Kier alpha value is -1.04. The van der Waals surface area contributed by atoms with E-state index in [2.05, 4.69) is 10.6 Å². The zero-order chi connectivity index (χ0) is 17.3. The molecule has 0 saturated carbocycles. The first-order valence-corrected chi connectivity index (χ1v) is 9.18. The molecule has 0 bridgehead atoms. The summed E-state index contributed by atoms with van der Waals surface area (Å²) in [6, 6.07) is -1.07. The Morgan fingerprint density at radius 1 is 1.00 bits per heavy atom. The molecule has 128 valence electrons. The van der Waals surface area contributed by atoms with Crippen LogP contribution in [0.15, 0.2) is 0 Å². The molecule has 2 atom stereocenters. The zero-order valence-electron chi connectivity index (χ0n) is 14.6. The molecular formula is C16H30N2O3S. The van der Waals surface area contributed by atoms with Crippen LogP contribution in [0.4, 0.5) is 0 Å². The summed E-state index contributed by atoms with van der Waals surface area (Å²) in [6.07, 6.45) is 3.11. The normalized spacial score (nSPS) is 13.8. The van der Waals surface area contributed by atoms with E-state index in [1.54, 1.807) is 11.8 Å². The minimum absolute atomic E-state index is 0.0356. The standard InChI is InChI=1S/C16H30N2O3S/c1-10(2)9-14(15(20)11(3)4)18-16(21)13(7-8-22-6)17-12(5)19/h10-11,13-14H,7-9H2,1-6H3,(H,17,19)(H,18,21). The number of nitrogens with one attached hydrogen (secondary N) is 2. The molecule has 0 aliphatic rings. The van der Waals surface area contributed by atoms with Gasteiger partial charge in [-0.05, 0) is 30.8 Å². The van der Waals surface area contributed by atoms with Gasteiger partial charge in [-0.1, -0.05) is 27.7 Å². The Balaban J connectivity index is 4.92. The molecule has 0 aliphatic heterocycles. The quantitative estimate of drug-likeness (QED) is 0.642. The van der Waals surface area contributed by atoms with Crippen molar-refractivity contribution in [3.8, 4) is 0 Å². The third kappa shape index (κ3) is 8.41. The predicted molar refractivity (Wildman–Crippen MR) is 91.8 cm³/mol. The summed E-state index contributed by atoms with van der Waals surface area (Å²) in [7, 11) is 0. The van der Waals surface area contributed by atoms with Crippen LogP contribution in [0.2, 0.25) is 0 Å². The molecule has 0 saturated heterocycles. The number of ketones is 1. The third-order valence-corrected chi connectivity index (χ3v) is 3.88. The Kier molecular flexibility index (Phi) is 10.1. The smallest absolute Gasteiger partial charge is 0.243 e. The molecule has 0 radical (unpaired) electrons. The average molecular weight is 330 g/mol. The van der Waals surface area contributed by atoms with E-state index < -0.39 is 12.1 Å². The molecule has 0 rings (SSSR count). The maximum atomic E-state index is 12.4. The second-order valence-corrected chi connectivity index (χ2v) is 7.27. The first kappa shape index (κ1) is 21.0. The number of hydrogen-bond donors (Lipinski definition) is 2. The maximum absolute atomic E-state index is 12.4. The molecule has 6 heteroatoms. The molecule has 0 fully saturated rings. The fourth-order valence-electron chi connectivity index (χ4n) is 2.14. The van der Waals surface area contributed by atoms with Gasteiger partial charge in [0.25, 0.3) is 0 Å². The molecular weight excluding hydrogens is 300 g/mol. The van der Waals surface area contributed by atoms with Crippen molar-refractivity contribution < 1.29 is 14.4 Å². The van der Waals surface area contributed by atoms with Gasteiger partial charge in [-0.3, -0.25) is 14.4 Å². The van der Waals surface area contributed by atoms with Crippen LogP contribution in [0, 0.1) is 11.8 Å². The largest absolute Gasteiger partial charge is 0.345 e. The molecule has 0 heterocycles. The lowest BCUT2D eigenvalue weighted by Crippen LogP contribution is -2.52. The first-order chi connectivity index (χ1) is 10.2. The van der Waals surface area contributed by atoms with E-state index in [9.17, 15) is 14.4 Å². The average Bonchev–Trinajstić information content (AvgIpc) is 2.40. The number of amides is 2. The summed E-state index contributed by atoms with van der Waals surface area (Å²) in [4.78, 5) is 35.9. The molecule has 0 spiro atoms. The van der Waals surface area contributed by atoms with Gasteiger partial charge in [0.2, 0.25) is 11.8 Å². The Morgan fingerprint density at radius 3 is 2.00 bits per heavy atom. The minimum Gasteiger partial charge on any atom is -0.345 e. The van der Waals surface area contributed by atoms with Crippen LogP contribution in [0.1, 0.15) is 47.5 Å². The summed E-state index contributed by atoms with van der Waals surface area (Å²) >= 11 is 1.62. The molecule has 0 aromatic carbocycles. The van der Waals surface area contributed by atoms with Crippen LogP contribution in [0.5, 0.6) is 0 Å². The van der Waals surface area contributed by atoms with Crippen LogP contribution in [0.3, 0.4) is 0 Å². The third-order valence-electron chi connectivity index (χ3n) is 3.24. The van der Waals surface area contributed by atoms with E-state index in [1.807, 2.05) is 34.0 Å². The van der Waals surface area contributed by atoms with Crippen LogP contribution < -0.4 is 10.6 Å². The minimum atomic E-state index is -0.584. The lowest BCUT2D eigenvalue weighted by atomic mass is 9.94. The summed E-state index contributed by atoms with van der Waals surface area (Å²) in [5.41, 5.74) is 0. The number of carbonyl (C=O) groups excluding carboxylic acids is 3. The van der Waals surface area contributed by atoms with Gasteiger partial charge in [-0.15, -0.1) is 0 Å². The van der Waals surface area contributed by atoms with Crippen molar-refractivity contribution in [1.29, 1.82) is 0 Å². The van der Waals surface area contributed by atoms with Gasteiger partial charge in [0.15, 0.2) is 5.78 Å². The van der Waals surface area contributed by atoms with Crippen LogP contribution >= 0.6 is 11.8 Å². The maximum Gasteiger partial charge on any atom is 0.243 e. The summed E-state index contributed by atoms with van der Waals surface area (Å²) in [5.74, 6) is 0.466. The lowest BCUT2D eigenvalue weighted by molar-refractivity contribution is -0.132. The highest BCUT2D eigenvalue weighted by atomic mass is 32.2. The molecule has 0 aromatic rings. The Labute approximate surface area is 138 Å². The summed E-state index contributed by atoms with van der Waals surface area (Å²) < 4.78 is 0. The molecule has 2 N–H and O–H groups in total. The Bertz CT molecular complexity index is 384. The van der Waals surface area contributed by atoms with Gasteiger partial charge in [-0.2, -0.15) is 11.8 Å². The summed E-state index contributed by atoms with van der Waals surface area (Å²) in [6.45, 7) is 9.10. The van der Waals surface area contributed by atoms with Crippen molar-refractivity contribution in [1.82, 2.24) is 10.6 Å². The lowest BCUT2D eigenvalue weighted by Gasteiger charge is -2.24. The predicted octanol–water partition coefficient (Wildman–Crippen LogP) is 2.00. The fraction of sp³-hybridized carbons (Fsp3) is 0.812. The van der Waals surface area contributed by atoms with Crippen molar-refractivity contribution in [2.45, 2.75) is 59.5 Å². The SMILES string of the molecule is CSCCC(NC(C)=O)C(=O)NC(CC(C)C)C(=O)C(C)C. The highest BCUT2D eigenvalue weighted by Gasteiger charge is 2.27. The fourth-order valence-corrected chi connectivity index (χ4v) is 2.61. The van der Waals surface area contributed by atoms with Crippen LogP contribution in [0.25, 0.3) is 0 Å². The molecule has 2 amide bonds. The summed E-state index contributed by atoms with van der Waals surface area (Å²) in [5, 5.41) is 5.50. The second kappa shape index (κ2) is 10.6.